The van der Waals surface area contributed by atoms with Crippen LogP contribution in [-0.4, -0.2) is 46.7 Å². The first-order chi connectivity index (χ1) is 18.2. The van der Waals surface area contributed by atoms with Crippen molar-refractivity contribution in [2.24, 2.45) is 0 Å². The van der Waals surface area contributed by atoms with Gasteiger partial charge in [-0.1, -0.05) is 54.6 Å². The molecule has 0 unspecified atom stereocenters. The van der Waals surface area contributed by atoms with Gasteiger partial charge >= 0.3 is 0 Å². The van der Waals surface area contributed by atoms with Crippen molar-refractivity contribution in [3.8, 4) is 11.6 Å². The maximum absolute atomic E-state index is 14.1. The minimum absolute atomic E-state index is 0.0521. The van der Waals surface area contributed by atoms with Crippen LogP contribution in [0, 0.1) is 0 Å². The zero-order valence-electron chi connectivity index (χ0n) is 19.7. The summed E-state index contributed by atoms with van der Waals surface area (Å²) in [5.41, 5.74) is 10.5. The highest BCUT2D eigenvalue weighted by Crippen LogP contribution is 2.30. The predicted octanol–water partition coefficient (Wildman–Crippen LogP) is 3.49. The summed E-state index contributed by atoms with van der Waals surface area (Å²) >= 11 is 0. The fourth-order valence-corrected chi connectivity index (χ4v) is 5.01. The van der Waals surface area contributed by atoms with Gasteiger partial charge in [0.2, 0.25) is 11.8 Å². The molecule has 0 saturated heterocycles. The van der Waals surface area contributed by atoms with E-state index in [2.05, 4.69) is 32.3 Å². The Bertz CT molecular complexity index is 1750. The fourth-order valence-electron chi connectivity index (χ4n) is 5.01. The SMILES string of the molecule is Nc1nc2c(cnn2[C@H](C(=O)N2CCc3ccccc3C2)c2ccccc2)c2nc(-c3ccco3)nn12. The monoisotopic (exact) mass is 490 g/mol. The van der Waals surface area contributed by atoms with Crippen molar-refractivity contribution in [1.82, 2.24) is 34.3 Å². The molecule has 2 N–H and O–H groups in total. The summed E-state index contributed by atoms with van der Waals surface area (Å²) < 4.78 is 8.56. The molecule has 4 aromatic heterocycles. The van der Waals surface area contributed by atoms with E-state index < -0.39 is 6.04 Å². The van der Waals surface area contributed by atoms with Crippen molar-refractivity contribution < 1.29 is 9.21 Å². The number of aromatic nitrogens is 6. The molecule has 0 radical (unpaired) electrons. The summed E-state index contributed by atoms with van der Waals surface area (Å²) in [4.78, 5) is 25.3. The summed E-state index contributed by atoms with van der Waals surface area (Å²) in [5.74, 6) is 0.997. The maximum atomic E-state index is 14.1. The highest BCUT2D eigenvalue weighted by molar-refractivity contribution is 5.92. The first-order valence-corrected chi connectivity index (χ1v) is 12.0. The van der Waals surface area contributed by atoms with Crippen LogP contribution in [0.25, 0.3) is 28.3 Å². The molecule has 10 nitrogen and oxygen atoms in total. The molecule has 1 aliphatic heterocycles. The number of rotatable bonds is 4. The smallest absolute Gasteiger partial charge is 0.252 e. The number of fused-ring (bicyclic) bond motifs is 4. The van der Waals surface area contributed by atoms with Gasteiger partial charge in [0.25, 0.3) is 5.91 Å². The molecule has 0 spiro atoms. The van der Waals surface area contributed by atoms with Crippen LogP contribution in [-0.2, 0) is 17.8 Å². The lowest BCUT2D eigenvalue weighted by molar-refractivity contribution is -0.134. The van der Waals surface area contributed by atoms with Crippen molar-refractivity contribution in [3.63, 3.8) is 0 Å². The Morgan fingerprint density at radius 2 is 1.76 bits per heavy atom. The van der Waals surface area contributed by atoms with E-state index in [0.29, 0.717) is 41.4 Å². The highest BCUT2D eigenvalue weighted by atomic mass is 16.3. The Labute approximate surface area is 211 Å². The summed E-state index contributed by atoms with van der Waals surface area (Å²) in [6.07, 6.45) is 4.03. The van der Waals surface area contributed by atoms with Gasteiger partial charge in [-0.05, 0) is 35.2 Å². The molecule has 182 valence electrons. The molecule has 7 rings (SSSR count). The van der Waals surface area contributed by atoms with Crippen molar-refractivity contribution >= 4 is 28.5 Å². The van der Waals surface area contributed by atoms with Crippen molar-refractivity contribution in [3.05, 3.63) is 95.9 Å². The van der Waals surface area contributed by atoms with E-state index in [1.165, 1.54) is 10.1 Å². The third-order valence-electron chi connectivity index (χ3n) is 6.83. The number of carbonyl (C=O) groups is 1. The van der Waals surface area contributed by atoms with E-state index in [1.54, 1.807) is 29.3 Å². The number of nitrogen functional groups attached to an aromatic ring is 1. The minimum Gasteiger partial charge on any atom is -0.461 e. The lowest BCUT2D eigenvalue weighted by atomic mass is 9.98. The van der Waals surface area contributed by atoms with E-state index >= 15 is 0 Å². The molecule has 2 aromatic carbocycles. The van der Waals surface area contributed by atoms with Gasteiger partial charge in [-0.2, -0.15) is 14.6 Å². The average molecular weight is 491 g/mol. The second-order valence-electron chi connectivity index (χ2n) is 9.04. The Kier molecular flexibility index (Phi) is 4.78. The van der Waals surface area contributed by atoms with Crippen molar-refractivity contribution in [2.75, 3.05) is 12.3 Å². The van der Waals surface area contributed by atoms with E-state index in [9.17, 15) is 4.79 Å². The Hall–Kier alpha value is -4.99. The normalized spacial score (nSPS) is 14.2. The van der Waals surface area contributed by atoms with Crippen LogP contribution in [0.15, 0.2) is 83.6 Å². The Balaban J connectivity index is 1.36. The number of amides is 1. The number of carbonyl (C=O) groups excluding carboxylic acids is 1. The zero-order valence-corrected chi connectivity index (χ0v) is 19.7. The minimum atomic E-state index is -0.717. The number of furan rings is 1. The van der Waals surface area contributed by atoms with Gasteiger partial charge in [0.1, 0.15) is 0 Å². The quantitative estimate of drug-likeness (QED) is 0.402. The summed E-state index contributed by atoms with van der Waals surface area (Å²) in [7, 11) is 0. The second kappa shape index (κ2) is 8.30. The average Bonchev–Trinajstić information content (AvgIpc) is 3.70. The summed E-state index contributed by atoms with van der Waals surface area (Å²) in [5, 5.41) is 9.74. The zero-order chi connectivity index (χ0) is 24.9. The molecule has 1 atom stereocenters. The first kappa shape index (κ1) is 21.3. The third kappa shape index (κ3) is 3.45. The van der Waals surface area contributed by atoms with Crippen LogP contribution in [0.2, 0.25) is 0 Å². The Morgan fingerprint density at radius 1 is 0.946 bits per heavy atom. The lowest BCUT2D eigenvalue weighted by Gasteiger charge is -2.32. The van der Waals surface area contributed by atoms with Crippen LogP contribution in [0.4, 0.5) is 5.95 Å². The van der Waals surface area contributed by atoms with Crippen LogP contribution in [0.1, 0.15) is 22.7 Å². The van der Waals surface area contributed by atoms with Gasteiger partial charge in [0.05, 0.1) is 17.8 Å². The molecule has 10 heteroatoms. The second-order valence-corrected chi connectivity index (χ2v) is 9.04. The molecule has 0 bridgehead atoms. The molecule has 37 heavy (non-hydrogen) atoms. The maximum Gasteiger partial charge on any atom is 0.252 e. The molecule has 0 aliphatic carbocycles. The molecule has 0 saturated carbocycles. The van der Waals surface area contributed by atoms with Crippen molar-refractivity contribution in [2.45, 2.75) is 19.0 Å². The van der Waals surface area contributed by atoms with E-state index in [1.807, 2.05) is 47.4 Å². The number of hydrogen-bond donors (Lipinski definition) is 1. The van der Waals surface area contributed by atoms with Crippen LogP contribution < -0.4 is 5.73 Å². The molecular weight excluding hydrogens is 468 g/mol. The van der Waals surface area contributed by atoms with Crippen LogP contribution in [0.3, 0.4) is 0 Å². The number of hydrogen-bond acceptors (Lipinski definition) is 7. The van der Waals surface area contributed by atoms with Gasteiger partial charge in [-0.15, -0.1) is 5.10 Å². The molecule has 5 heterocycles. The fraction of sp³-hybridized carbons (Fsp3) is 0.148. The predicted molar refractivity (Wildman–Crippen MR) is 136 cm³/mol. The Morgan fingerprint density at radius 3 is 2.57 bits per heavy atom. The standard InChI is InChI=1S/C27H22N8O2/c28-27-31-25-20(24-30-23(32-35(24)27)21-11-6-14-37-21)15-29-34(25)22(18-8-2-1-3-9-18)26(36)33-13-12-17-7-4-5-10-19(17)16-33/h1-11,14-15,22H,12-13,16H2,(H2,28,31)/t22-/m0/s1. The van der Waals surface area contributed by atoms with Gasteiger partial charge in [0, 0.05) is 13.1 Å². The van der Waals surface area contributed by atoms with E-state index in [0.717, 1.165) is 17.5 Å². The largest absolute Gasteiger partial charge is 0.461 e. The topological polar surface area (TPSA) is 120 Å². The number of nitrogens with zero attached hydrogens (tertiary/aromatic N) is 7. The first-order valence-electron chi connectivity index (χ1n) is 12.0. The number of anilines is 1. The van der Waals surface area contributed by atoms with Crippen molar-refractivity contribution in [1.29, 1.82) is 0 Å². The van der Waals surface area contributed by atoms with Gasteiger partial charge < -0.3 is 15.1 Å². The van der Waals surface area contributed by atoms with Gasteiger partial charge in [-0.3, -0.25) is 4.79 Å². The molecular formula is C27H22N8O2. The molecule has 1 aliphatic rings. The van der Waals surface area contributed by atoms with E-state index in [4.69, 9.17) is 10.2 Å². The molecule has 0 fully saturated rings. The lowest BCUT2D eigenvalue weighted by Crippen LogP contribution is -2.41. The summed E-state index contributed by atoms with van der Waals surface area (Å²) in [6, 6.07) is 20.7. The number of nitrogens with two attached hydrogens (primary N) is 1. The summed E-state index contributed by atoms with van der Waals surface area (Å²) in [6.45, 7) is 1.18. The van der Waals surface area contributed by atoms with Crippen LogP contribution in [0.5, 0.6) is 0 Å². The van der Waals surface area contributed by atoms with Crippen LogP contribution >= 0.6 is 0 Å². The number of benzene rings is 2. The van der Waals surface area contributed by atoms with Gasteiger partial charge in [-0.25, -0.2) is 9.67 Å². The molecule has 6 aromatic rings. The van der Waals surface area contributed by atoms with Gasteiger partial charge in [0.15, 0.2) is 23.1 Å². The highest BCUT2D eigenvalue weighted by Gasteiger charge is 2.32. The third-order valence-corrected chi connectivity index (χ3v) is 6.83. The molecule has 1 amide bonds. The van der Waals surface area contributed by atoms with E-state index in [-0.39, 0.29) is 11.9 Å².